The summed E-state index contributed by atoms with van der Waals surface area (Å²) in [6.45, 7) is 4.74. The molecule has 2 atom stereocenters. The van der Waals surface area contributed by atoms with Gasteiger partial charge in [0.2, 0.25) is 0 Å². The van der Waals surface area contributed by atoms with Crippen molar-refractivity contribution in [2.75, 3.05) is 18.2 Å². The lowest BCUT2D eigenvalue weighted by Crippen LogP contribution is -2.44. The van der Waals surface area contributed by atoms with Gasteiger partial charge in [-0.05, 0) is 44.7 Å². The lowest BCUT2D eigenvalue weighted by molar-refractivity contribution is 0.291. The lowest BCUT2D eigenvalue weighted by Gasteiger charge is -2.49. The first-order valence-electron chi connectivity index (χ1n) is 9.50. The van der Waals surface area contributed by atoms with E-state index in [0.29, 0.717) is 12.3 Å². The molecule has 0 bridgehead atoms. The number of anilines is 1. The number of ether oxygens (including phenoxy) is 1. The highest BCUT2D eigenvalue weighted by molar-refractivity contribution is 7.99. The van der Waals surface area contributed by atoms with E-state index in [2.05, 4.69) is 76.2 Å². The van der Waals surface area contributed by atoms with Gasteiger partial charge in [-0.15, -0.1) is 16.9 Å². The van der Waals surface area contributed by atoms with Crippen molar-refractivity contribution in [2.24, 2.45) is 5.92 Å². The summed E-state index contributed by atoms with van der Waals surface area (Å²) in [6.07, 6.45) is 0.708. The summed E-state index contributed by atoms with van der Waals surface area (Å²) in [6, 6.07) is 13.4. The van der Waals surface area contributed by atoms with Crippen LogP contribution >= 0.6 is 11.8 Å². The fourth-order valence-electron chi connectivity index (χ4n) is 4.56. The van der Waals surface area contributed by atoms with Crippen LogP contribution < -0.4 is 10.1 Å². The summed E-state index contributed by atoms with van der Waals surface area (Å²) in [5.41, 5.74) is 5.19. The Morgan fingerprint density at radius 3 is 2.93 bits per heavy atom. The first-order valence-corrected chi connectivity index (χ1v) is 10.5. The molecule has 0 saturated heterocycles. The van der Waals surface area contributed by atoms with Gasteiger partial charge in [-0.3, -0.25) is 0 Å². The second-order valence-corrected chi connectivity index (χ2v) is 9.07. The van der Waals surface area contributed by atoms with Gasteiger partial charge in [0.1, 0.15) is 5.75 Å². The van der Waals surface area contributed by atoms with Crippen molar-refractivity contribution in [3.63, 3.8) is 0 Å². The van der Waals surface area contributed by atoms with Crippen molar-refractivity contribution in [1.29, 1.82) is 0 Å². The average Bonchev–Trinajstić information content (AvgIpc) is 3.21. The molecule has 144 valence electrons. The van der Waals surface area contributed by atoms with Crippen LogP contribution in [0.4, 0.5) is 5.69 Å². The quantitative estimate of drug-likeness (QED) is 0.701. The van der Waals surface area contributed by atoms with Gasteiger partial charge in [-0.1, -0.05) is 38.1 Å². The van der Waals surface area contributed by atoms with E-state index in [4.69, 9.17) is 4.74 Å². The van der Waals surface area contributed by atoms with E-state index in [1.54, 1.807) is 7.11 Å². The minimum atomic E-state index is 0.0503. The number of rotatable bonds is 3. The normalized spacial score (nSPS) is 21.8. The standard InChI is InChI=1S/C21H23N5OS/c1-21(2)14-9-12(10-18-23-25-26-24-18)7-8-16(14)22-19-13-5-4-6-17(27-3)20(13)28-11-15(19)21/h4-9,15,19,22H,10-11H2,1-3H3,(H,23,24,25,26). The molecule has 2 aliphatic heterocycles. The zero-order valence-corrected chi connectivity index (χ0v) is 17.0. The Hall–Kier alpha value is -2.54. The summed E-state index contributed by atoms with van der Waals surface area (Å²) in [4.78, 5) is 1.27. The van der Waals surface area contributed by atoms with Gasteiger partial charge >= 0.3 is 0 Å². The molecule has 0 saturated carbocycles. The molecule has 0 spiro atoms. The molecule has 5 rings (SSSR count). The van der Waals surface area contributed by atoms with E-state index >= 15 is 0 Å². The maximum absolute atomic E-state index is 5.61. The lowest BCUT2D eigenvalue weighted by atomic mass is 9.66. The van der Waals surface area contributed by atoms with Gasteiger partial charge in [0, 0.05) is 23.8 Å². The second-order valence-electron chi connectivity index (χ2n) is 8.04. The van der Waals surface area contributed by atoms with Gasteiger partial charge in [0.25, 0.3) is 0 Å². The third kappa shape index (κ3) is 2.68. The van der Waals surface area contributed by atoms with Crippen molar-refractivity contribution < 1.29 is 4.74 Å². The zero-order chi connectivity index (χ0) is 19.3. The third-order valence-corrected chi connectivity index (χ3v) is 7.40. The number of tetrazole rings is 1. The summed E-state index contributed by atoms with van der Waals surface area (Å²) >= 11 is 1.91. The molecule has 0 aliphatic carbocycles. The van der Waals surface area contributed by atoms with E-state index in [9.17, 15) is 0 Å². The van der Waals surface area contributed by atoms with Crippen LogP contribution in [0.3, 0.4) is 0 Å². The van der Waals surface area contributed by atoms with Gasteiger partial charge in [-0.25, -0.2) is 5.10 Å². The highest BCUT2D eigenvalue weighted by Crippen LogP contribution is 2.55. The number of thioether (sulfide) groups is 1. The number of aromatic nitrogens is 4. The molecule has 2 N–H and O–H groups in total. The number of H-pyrrole nitrogens is 1. The van der Waals surface area contributed by atoms with Crippen molar-refractivity contribution in [3.8, 4) is 5.75 Å². The molecule has 2 unspecified atom stereocenters. The van der Waals surface area contributed by atoms with Crippen LogP contribution in [0.25, 0.3) is 0 Å². The predicted octanol–water partition coefficient (Wildman–Crippen LogP) is 3.97. The van der Waals surface area contributed by atoms with E-state index in [1.165, 1.54) is 27.3 Å². The van der Waals surface area contributed by atoms with Crippen LogP contribution in [0.1, 0.15) is 42.4 Å². The zero-order valence-electron chi connectivity index (χ0n) is 16.2. The Kier molecular flexibility index (Phi) is 4.08. The van der Waals surface area contributed by atoms with Crippen LogP contribution in [0.15, 0.2) is 41.3 Å². The van der Waals surface area contributed by atoms with Crippen LogP contribution in [-0.2, 0) is 11.8 Å². The molecule has 0 fully saturated rings. The maximum atomic E-state index is 5.61. The van der Waals surface area contributed by atoms with Gasteiger partial charge < -0.3 is 10.1 Å². The Balaban J connectivity index is 1.55. The molecular formula is C21H23N5OS. The third-order valence-electron chi connectivity index (χ3n) is 6.15. The fourth-order valence-corrected chi connectivity index (χ4v) is 6.17. The minimum Gasteiger partial charge on any atom is -0.496 e. The first-order chi connectivity index (χ1) is 13.6. The van der Waals surface area contributed by atoms with Gasteiger partial charge in [0.15, 0.2) is 5.82 Å². The molecule has 7 heteroatoms. The van der Waals surface area contributed by atoms with Crippen molar-refractivity contribution in [2.45, 2.75) is 36.6 Å². The van der Waals surface area contributed by atoms with Gasteiger partial charge in [-0.2, -0.15) is 0 Å². The van der Waals surface area contributed by atoms with Crippen LogP contribution in [0.2, 0.25) is 0 Å². The van der Waals surface area contributed by atoms with E-state index in [0.717, 1.165) is 17.3 Å². The molecule has 0 amide bonds. The summed E-state index contributed by atoms with van der Waals surface area (Å²) in [5.74, 6) is 3.32. The van der Waals surface area contributed by atoms with Crippen LogP contribution in [0, 0.1) is 5.92 Å². The summed E-state index contributed by atoms with van der Waals surface area (Å²) in [5, 5.41) is 18.1. The molecule has 0 radical (unpaired) electrons. The number of nitrogens with one attached hydrogen (secondary N) is 2. The molecule has 3 aromatic rings. The summed E-state index contributed by atoms with van der Waals surface area (Å²) < 4.78 is 5.61. The monoisotopic (exact) mass is 393 g/mol. The maximum Gasteiger partial charge on any atom is 0.152 e. The first kappa shape index (κ1) is 17.6. The Bertz CT molecular complexity index is 1020. The largest absolute Gasteiger partial charge is 0.496 e. The number of benzene rings is 2. The number of methoxy groups -OCH3 is 1. The SMILES string of the molecule is COc1cccc2c1SCC1C2Nc2ccc(Cc3nnn[nH]3)cc2C1(C)C. The molecular weight excluding hydrogens is 370 g/mol. The molecule has 28 heavy (non-hydrogen) atoms. The fraction of sp³-hybridized carbons (Fsp3) is 0.381. The second kappa shape index (κ2) is 6.51. The van der Waals surface area contributed by atoms with E-state index in [-0.39, 0.29) is 11.5 Å². The summed E-state index contributed by atoms with van der Waals surface area (Å²) in [7, 11) is 1.75. The smallest absolute Gasteiger partial charge is 0.152 e. The molecule has 2 aliphatic rings. The number of fused-ring (bicyclic) bond motifs is 4. The van der Waals surface area contributed by atoms with Gasteiger partial charge in [0.05, 0.1) is 18.0 Å². The number of aromatic amines is 1. The minimum absolute atomic E-state index is 0.0503. The average molecular weight is 394 g/mol. The Morgan fingerprint density at radius 1 is 1.25 bits per heavy atom. The van der Waals surface area contributed by atoms with E-state index in [1.807, 2.05) is 11.8 Å². The predicted molar refractivity (Wildman–Crippen MR) is 110 cm³/mol. The number of hydrogen-bond donors (Lipinski definition) is 2. The highest BCUT2D eigenvalue weighted by atomic mass is 32.2. The highest BCUT2D eigenvalue weighted by Gasteiger charge is 2.46. The Labute approximate surface area is 168 Å². The van der Waals surface area contributed by atoms with Crippen LogP contribution in [-0.4, -0.2) is 33.5 Å². The molecule has 3 heterocycles. The van der Waals surface area contributed by atoms with Crippen LogP contribution in [0.5, 0.6) is 5.75 Å². The van der Waals surface area contributed by atoms with E-state index < -0.39 is 0 Å². The Morgan fingerprint density at radius 2 is 2.14 bits per heavy atom. The molecule has 2 aromatic carbocycles. The number of nitrogens with zero attached hydrogens (tertiary/aromatic N) is 3. The molecule has 6 nitrogen and oxygen atoms in total. The van der Waals surface area contributed by atoms with Crippen molar-refractivity contribution in [1.82, 2.24) is 20.6 Å². The van der Waals surface area contributed by atoms with Crippen molar-refractivity contribution >= 4 is 17.4 Å². The van der Waals surface area contributed by atoms with Crippen molar-refractivity contribution in [3.05, 3.63) is 58.9 Å². The number of hydrogen-bond acceptors (Lipinski definition) is 6. The topological polar surface area (TPSA) is 75.7 Å². The molecule has 1 aromatic heterocycles.